The monoisotopic (exact) mass is 434 g/mol. The lowest BCUT2D eigenvalue weighted by molar-refractivity contribution is -0.390. The Morgan fingerprint density at radius 2 is 2.19 bits per heavy atom. The van der Waals surface area contributed by atoms with Crippen LogP contribution in [-0.2, 0) is 0 Å². The minimum Gasteiger partial charge on any atom is -0.477 e. The summed E-state index contributed by atoms with van der Waals surface area (Å²) in [5.41, 5.74) is 0.972. The highest BCUT2D eigenvalue weighted by Crippen LogP contribution is 2.32. The Balaban J connectivity index is 2.15. The number of Topliss-reactive ketones (excluding diaryl/α,β-unsaturated/α-hetero) is 1. The van der Waals surface area contributed by atoms with Gasteiger partial charge in [-0.3, -0.25) is 4.79 Å². The lowest BCUT2D eigenvalue weighted by atomic mass is 10.2. The van der Waals surface area contributed by atoms with Gasteiger partial charge in [-0.05, 0) is 60.0 Å². The van der Waals surface area contributed by atoms with E-state index in [1.165, 1.54) is 17.4 Å². The van der Waals surface area contributed by atoms with Crippen LogP contribution in [-0.4, -0.2) is 22.3 Å². The molecule has 2 aromatic rings. The number of halogens is 2. The second kappa shape index (κ2) is 6.63. The van der Waals surface area contributed by atoms with Crippen molar-refractivity contribution in [3.05, 3.63) is 47.1 Å². The average Bonchev–Trinajstić information content (AvgIpc) is 2.75. The number of carbonyl (C=O) groups excluding carboxylic acids is 1. The van der Waals surface area contributed by atoms with E-state index < -0.39 is 10.7 Å². The number of pyridine rings is 1. The smallest absolute Gasteiger partial charge is 0.406 e. The number of nitrogens with zero attached hydrogens (tertiary/aromatic N) is 2. The van der Waals surface area contributed by atoms with Crippen molar-refractivity contribution < 1.29 is 14.5 Å². The molecule has 0 radical (unpaired) electrons. The van der Waals surface area contributed by atoms with E-state index in [0.29, 0.717) is 15.0 Å². The Morgan fingerprint density at radius 1 is 1.48 bits per heavy atom. The number of carbonyl (C=O) groups is 1. The molecule has 0 aliphatic heterocycles. The van der Waals surface area contributed by atoms with Gasteiger partial charge in [-0.1, -0.05) is 0 Å². The standard InChI is InChI=1S/C12H8Br2N2O4S/c1-6-2-3-9(12(15-6)16(18)19)20-5-8(17)7-4-10(13)21-11(7)14/h2-4H,5H2,1H3. The van der Waals surface area contributed by atoms with Crippen LogP contribution in [0.1, 0.15) is 16.1 Å². The van der Waals surface area contributed by atoms with Crippen LogP contribution in [0, 0.1) is 17.0 Å². The largest absolute Gasteiger partial charge is 0.477 e. The molecular formula is C12H8Br2N2O4S. The summed E-state index contributed by atoms with van der Waals surface area (Å²) >= 11 is 7.93. The first-order valence-electron chi connectivity index (χ1n) is 5.61. The predicted octanol–water partition coefficient (Wildman–Crippen LogP) is 4.15. The number of rotatable bonds is 5. The van der Waals surface area contributed by atoms with Crippen LogP contribution in [0.4, 0.5) is 5.82 Å². The molecule has 0 fully saturated rings. The van der Waals surface area contributed by atoms with Gasteiger partial charge in [-0.15, -0.1) is 11.3 Å². The number of hydrogen-bond acceptors (Lipinski definition) is 6. The molecule has 6 nitrogen and oxygen atoms in total. The second-order valence-electron chi connectivity index (χ2n) is 3.98. The van der Waals surface area contributed by atoms with Crippen molar-refractivity contribution in [3.63, 3.8) is 0 Å². The zero-order valence-corrected chi connectivity index (χ0v) is 14.6. The van der Waals surface area contributed by atoms with Crippen molar-refractivity contribution in [2.75, 3.05) is 6.61 Å². The van der Waals surface area contributed by atoms with Crippen LogP contribution in [0.15, 0.2) is 25.8 Å². The predicted molar refractivity (Wildman–Crippen MR) is 85.2 cm³/mol. The first kappa shape index (κ1) is 16.1. The number of hydrogen-bond donors (Lipinski definition) is 0. The minimum absolute atomic E-state index is 0.0237. The van der Waals surface area contributed by atoms with E-state index >= 15 is 0 Å². The molecule has 2 aromatic heterocycles. The number of aromatic nitrogens is 1. The number of ether oxygens (including phenoxy) is 1. The van der Waals surface area contributed by atoms with Gasteiger partial charge in [0.2, 0.25) is 11.5 Å². The van der Waals surface area contributed by atoms with Gasteiger partial charge in [0.25, 0.3) is 0 Å². The normalized spacial score (nSPS) is 10.4. The Morgan fingerprint density at radius 3 is 2.76 bits per heavy atom. The molecule has 0 spiro atoms. The van der Waals surface area contributed by atoms with E-state index in [0.717, 1.165) is 3.79 Å². The fourth-order valence-electron chi connectivity index (χ4n) is 1.53. The first-order chi connectivity index (χ1) is 9.88. The molecule has 0 atom stereocenters. The van der Waals surface area contributed by atoms with Gasteiger partial charge in [0, 0.05) is 12.5 Å². The topological polar surface area (TPSA) is 82.3 Å². The van der Waals surface area contributed by atoms with E-state index in [2.05, 4.69) is 36.8 Å². The van der Waals surface area contributed by atoms with E-state index in [1.807, 2.05) is 0 Å². The molecule has 9 heteroatoms. The van der Waals surface area contributed by atoms with Gasteiger partial charge in [0.15, 0.2) is 6.61 Å². The maximum atomic E-state index is 12.0. The number of aryl methyl sites for hydroxylation is 1. The lowest BCUT2D eigenvalue weighted by Gasteiger charge is -2.05. The third kappa shape index (κ3) is 3.86. The van der Waals surface area contributed by atoms with Crippen molar-refractivity contribution in [1.82, 2.24) is 4.98 Å². The van der Waals surface area contributed by atoms with Gasteiger partial charge < -0.3 is 14.9 Å². The van der Waals surface area contributed by atoms with Gasteiger partial charge in [-0.2, -0.15) is 0 Å². The molecule has 0 aliphatic carbocycles. The fraction of sp³-hybridized carbons (Fsp3) is 0.167. The van der Waals surface area contributed by atoms with Crippen molar-refractivity contribution >= 4 is 54.8 Å². The third-order valence-electron chi connectivity index (χ3n) is 2.47. The first-order valence-corrected chi connectivity index (χ1v) is 8.01. The summed E-state index contributed by atoms with van der Waals surface area (Å²) in [6.45, 7) is 1.34. The molecule has 2 heterocycles. The number of nitro groups is 1. The fourth-order valence-corrected chi connectivity index (χ4v) is 4.38. The van der Waals surface area contributed by atoms with E-state index in [4.69, 9.17) is 4.74 Å². The molecule has 0 N–H and O–H groups in total. The molecular weight excluding hydrogens is 428 g/mol. The highest BCUT2D eigenvalue weighted by atomic mass is 79.9. The highest BCUT2D eigenvalue weighted by molar-refractivity contribution is 9.12. The van der Waals surface area contributed by atoms with Crippen molar-refractivity contribution in [2.24, 2.45) is 0 Å². The maximum Gasteiger partial charge on any atom is 0.406 e. The molecule has 0 aliphatic rings. The Bertz CT molecular complexity index is 717. The molecule has 0 saturated heterocycles. The zero-order chi connectivity index (χ0) is 15.6. The summed E-state index contributed by atoms with van der Waals surface area (Å²) in [6.07, 6.45) is 0. The van der Waals surface area contributed by atoms with Crippen LogP contribution in [0.2, 0.25) is 0 Å². The molecule has 0 aromatic carbocycles. The molecule has 0 saturated carbocycles. The summed E-state index contributed by atoms with van der Waals surface area (Å²) in [6, 6.07) is 4.69. The summed E-state index contributed by atoms with van der Waals surface area (Å²) in [5.74, 6) is -0.698. The van der Waals surface area contributed by atoms with E-state index in [9.17, 15) is 14.9 Å². The van der Waals surface area contributed by atoms with E-state index in [1.54, 1.807) is 19.1 Å². The van der Waals surface area contributed by atoms with Crippen molar-refractivity contribution in [1.29, 1.82) is 0 Å². The third-order valence-corrected chi connectivity index (χ3v) is 4.81. The quantitative estimate of drug-likeness (QED) is 0.400. The van der Waals surface area contributed by atoms with Crippen LogP contribution >= 0.6 is 43.2 Å². The summed E-state index contributed by atoms with van der Waals surface area (Å²) in [4.78, 5) is 26.1. The minimum atomic E-state index is -0.635. The molecule has 21 heavy (non-hydrogen) atoms. The van der Waals surface area contributed by atoms with Gasteiger partial charge in [0.1, 0.15) is 5.69 Å². The summed E-state index contributed by atoms with van der Waals surface area (Å²) in [7, 11) is 0. The molecule has 0 amide bonds. The Hall–Kier alpha value is -1.32. The number of ketones is 1. The second-order valence-corrected chi connectivity index (χ2v) is 7.73. The van der Waals surface area contributed by atoms with Gasteiger partial charge >= 0.3 is 5.82 Å². The molecule has 0 bridgehead atoms. The van der Waals surface area contributed by atoms with Gasteiger partial charge in [0.05, 0.1) is 7.57 Å². The van der Waals surface area contributed by atoms with Crippen molar-refractivity contribution in [2.45, 2.75) is 6.92 Å². The summed E-state index contributed by atoms with van der Waals surface area (Å²) < 4.78 is 6.73. The maximum absolute atomic E-state index is 12.0. The molecule has 110 valence electrons. The zero-order valence-electron chi connectivity index (χ0n) is 10.6. The van der Waals surface area contributed by atoms with Crippen LogP contribution in [0.3, 0.4) is 0 Å². The SMILES string of the molecule is Cc1ccc(OCC(=O)c2cc(Br)sc2Br)c([N+](=O)[O-])n1. The molecule has 0 unspecified atom stereocenters. The summed E-state index contributed by atoms with van der Waals surface area (Å²) in [5, 5.41) is 10.9. The Kier molecular flexibility index (Phi) is 5.07. The van der Waals surface area contributed by atoms with Crippen molar-refractivity contribution in [3.8, 4) is 5.75 Å². The lowest BCUT2D eigenvalue weighted by Crippen LogP contribution is -2.12. The van der Waals surface area contributed by atoms with Crippen LogP contribution < -0.4 is 4.74 Å². The average molecular weight is 436 g/mol. The Labute approximate surface area is 140 Å². The van der Waals surface area contributed by atoms with Crippen LogP contribution in [0.25, 0.3) is 0 Å². The van der Waals surface area contributed by atoms with Crippen LogP contribution in [0.5, 0.6) is 5.75 Å². The van der Waals surface area contributed by atoms with Gasteiger partial charge in [-0.25, -0.2) is 0 Å². The molecule has 2 rings (SSSR count). The van der Waals surface area contributed by atoms with E-state index in [-0.39, 0.29) is 18.1 Å². The number of thiophene rings is 1. The highest BCUT2D eigenvalue weighted by Gasteiger charge is 2.20.